The summed E-state index contributed by atoms with van der Waals surface area (Å²) in [4.78, 5) is 10.9. The van der Waals surface area contributed by atoms with Gasteiger partial charge in [-0.3, -0.25) is 0 Å². The molecule has 5 heteroatoms. The van der Waals surface area contributed by atoms with Crippen LogP contribution in [0.3, 0.4) is 0 Å². The molecule has 3 atom stereocenters. The summed E-state index contributed by atoms with van der Waals surface area (Å²) in [5.74, 6) is 2.69. The standard InChI is InChI=1S/C12H17IN4/c13-11-4-15-7-16-12(11)17-5-8-1-2-10(14)3-9(8)6-17/h4,7-10H,1-3,5-6,14H2/t8-,9+,10?/m1/s1. The van der Waals surface area contributed by atoms with Crippen molar-refractivity contribution in [3.63, 3.8) is 0 Å². The Labute approximate surface area is 115 Å². The van der Waals surface area contributed by atoms with Gasteiger partial charge < -0.3 is 10.6 Å². The zero-order valence-corrected chi connectivity index (χ0v) is 11.9. The molecule has 2 aliphatic rings. The number of halogens is 1. The summed E-state index contributed by atoms with van der Waals surface area (Å²) in [6, 6.07) is 0.417. The van der Waals surface area contributed by atoms with Gasteiger partial charge in [-0.2, -0.15) is 0 Å². The van der Waals surface area contributed by atoms with E-state index in [0.717, 1.165) is 34.3 Å². The first-order chi connectivity index (χ1) is 8.24. The van der Waals surface area contributed by atoms with Crippen molar-refractivity contribution >= 4 is 28.4 Å². The average Bonchev–Trinajstić information content (AvgIpc) is 2.72. The predicted molar refractivity (Wildman–Crippen MR) is 75.8 cm³/mol. The van der Waals surface area contributed by atoms with Crippen LogP contribution in [-0.2, 0) is 0 Å². The third kappa shape index (κ3) is 2.27. The lowest BCUT2D eigenvalue weighted by atomic mass is 9.79. The fourth-order valence-electron chi connectivity index (χ4n) is 3.18. The highest BCUT2D eigenvalue weighted by molar-refractivity contribution is 14.1. The highest BCUT2D eigenvalue weighted by Crippen LogP contribution is 2.37. The highest BCUT2D eigenvalue weighted by atomic mass is 127. The minimum atomic E-state index is 0.417. The van der Waals surface area contributed by atoms with Crippen molar-refractivity contribution in [3.05, 3.63) is 16.1 Å². The molecule has 2 heterocycles. The molecule has 1 aromatic heterocycles. The molecule has 0 bridgehead atoms. The Kier molecular flexibility index (Phi) is 3.21. The van der Waals surface area contributed by atoms with Crippen LogP contribution in [0.2, 0.25) is 0 Å². The Bertz CT molecular complexity index is 411. The minimum absolute atomic E-state index is 0.417. The molecule has 0 spiro atoms. The zero-order valence-electron chi connectivity index (χ0n) is 9.72. The smallest absolute Gasteiger partial charge is 0.145 e. The number of hydrogen-bond donors (Lipinski definition) is 1. The summed E-state index contributed by atoms with van der Waals surface area (Å²) < 4.78 is 1.15. The monoisotopic (exact) mass is 344 g/mol. The number of fused-ring (bicyclic) bond motifs is 1. The molecule has 2 fully saturated rings. The number of hydrogen-bond acceptors (Lipinski definition) is 4. The van der Waals surface area contributed by atoms with E-state index >= 15 is 0 Å². The average molecular weight is 344 g/mol. The van der Waals surface area contributed by atoms with Crippen molar-refractivity contribution in [2.75, 3.05) is 18.0 Å². The Hall–Kier alpha value is -0.430. The van der Waals surface area contributed by atoms with E-state index < -0.39 is 0 Å². The molecule has 1 aromatic rings. The first kappa shape index (κ1) is 11.6. The number of anilines is 1. The molecule has 1 saturated carbocycles. The van der Waals surface area contributed by atoms with Crippen molar-refractivity contribution in [1.29, 1.82) is 0 Å². The summed E-state index contributed by atoms with van der Waals surface area (Å²) in [6.45, 7) is 2.26. The molecule has 1 aliphatic heterocycles. The summed E-state index contributed by atoms with van der Waals surface area (Å²) in [5.41, 5.74) is 6.06. The summed E-state index contributed by atoms with van der Waals surface area (Å²) in [5, 5.41) is 0. The van der Waals surface area contributed by atoms with Crippen molar-refractivity contribution in [2.45, 2.75) is 25.3 Å². The molecule has 2 N–H and O–H groups in total. The van der Waals surface area contributed by atoms with E-state index in [1.54, 1.807) is 6.33 Å². The number of nitrogens with two attached hydrogens (primary N) is 1. The van der Waals surface area contributed by atoms with E-state index in [9.17, 15) is 0 Å². The van der Waals surface area contributed by atoms with Gasteiger partial charge in [-0.15, -0.1) is 0 Å². The van der Waals surface area contributed by atoms with Crippen LogP contribution in [0.5, 0.6) is 0 Å². The first-order valence-corrected chi connectivity index (χ1v) is 7.28. The van der Waals surface area contributed by atoms with Gasteiger partial charge in [0.2, 0.25) is 0 Å². The lowest BCUT2D eigenvalue weighted by Crippen LogP contribution is -2.32. The summed E-state index contributed by atoms with van der Waals surface area (Å²) in [6.07, 6.45) is 7.19. The third-order valence-corrected chi connectivity index (χ3v) is 4.80. The zero-order chi connectivity index (χ0) is 11.8. The second-order valence-electron chi connectivity index (χ2n) is 5.19. The van der Waals surface area contributed by atoms with E-state index in [1.165, 1.54) is 19.3 Å². The van der Waals surface area contributed by atoms with Gasteiger partial charge in [-0.05, 0) is 53.7 Å². The van der Waals surface area contributed by atoms with Crippen molar-refractivity contribution in [3.8, 4) is 0 Å². The fraction of sp³-hybridized carbons (Fsp3) is 0.667. The van der Waals surface area contributed by atoms with Crippen LogP contribution in [0.15, 0.2) is 12.5 Å². The van der Waals surface area contributed by atoms with E-state index in [2.05, 4.69) is 37.5 Å². The van der Waals surface area contributed by atoms with Crippen molar-refractivity contribution in [2.24, 2.45) is 17.6 Å². The topological polar surface area (TPSA) is 55.0 Å². The lowest BCUT2D eigenvalue weighted by molar-refractivity contribution is 0.271. The number of aromatic nitrogens is 2. The van der Waals surface area contributed by atoms with E-state index in [1.807, 2.05) is 6.20 Å². The lowest BCUT2D eigenvalue weighted by Gasteiger charge is -2.27. The van der Waals surface area contributed by atoms with Gasteiger partial charge in [0.15, 0.2) is 0 Å². The first-order valence-electron chi connectivity index (χ1n) is 6.20. The molecule has 4 nitrogen and oxygen atoms in total. The predicted octanol–water partition coefficient (Wildman–Crippen LogP) is 1.64. The van der Waals surface area contributed by atoms with Crippen LogP contribution >= 0.6 is 22.6 Å². The maximum atomic E-state index is 6.06. The highest BCUT2D eigenvalue weighted by Gasteiger charge is 2.37. The Morgan fingerprint density at radius 1 is 1.29 bits per heavy atom. The Morgan fingerprint density at radius 3 is 2.94 bits per heavy atom. The molecule has 17 heavy (non-hydrogen) atoms. The van der Waals surface area contributed by atoms with Crippen LogP contribution in [0.25, 0.3) is 0 Å². The SMILES string of the molecule is NC1CC[C@@H]2CN(c3ncncc3I)C[C@@H]2C1. The molecule has 0 aromatic carbocycles. The molecule has 0 amide bonds. The van der Waals surface area contributed by atoms with Gasteiger partial charge in [-0.1, -0.05) is 0 Å². The summed E-state index contributed by atoms with van der Waals surface area (Å²) >= 11 is 2.32. The number of nitrogens with zero attached hydrogens (tertiary/aromatic N) is 3. The Balaban J connectivity index is 1.78. The maximum absolute atomic E-state index is 6.06. The molecule has 0 radical (unpaired) electrons. The fourth-order valence-corrected chi connectivity index (χ4v) is 3.82. The largest absolute Gasteiger partial charge is 0.355 e. The minimum Gasteiger partial charge on any atom is -0.355 e. The van der Waals surface area contributed by atoms with Crippen LogP contribution in [0, 0.1) is 15.4 Å². The van der Waals surface area contributed by atoms with Crippen LogP contribution < -0.4 is 10.6 Å². The van der Waals surface area contributed by atoms with Gasteiger partial charge in [0, 0.05) is 25.3 Å². The summed E-state index contributed by atoms with van der Waals surface area (Å²) in [7, 11) is 0. The van der Waals surface area contributed by atoms with E-state index in [4.69, 9.17) is 5.73 Å². The van der Waals surface area contributed by atoms with Gasteiger partial charge in [0.05, 0.1) is 3.57 Å². The van der Waals surface area contributed by atoms with Gasteiger partial charge in [0.25, 0.3) is 0 Å². The molecule has 1 saturated heterocycles. The Morgan fingerprint density at radius 2 is 2.12 bits per heavy atom. The quantitative estimate of drug-likeness (QED) is 0.787. The third-order valence-electron chi connectivity index (χ3n) is 4.04. The van der Waals surface area contributed by atoms with Crippen molar-refractivity contribution in [1.82, 2.24) is 9.97 Å². The van der Waals surface area contributed by atoms with Gasteiger partial charge in [-0.25, -0.2) is 9.97 Å². The molecule has 3 rings (SSSR count). The maximum Gasteiger partial charge on any atom is 0.145 e. The number of rotatable bonds is 1. The van der Waals surface area contributed by atoms with Crippen LogP contribution in [0.1, 0.15) is 19.3 Å². The van der Waals surface area contributed by atoms with Crippen LogP contribution in [-0.4, -0.2) is 29.1 Å². The van der Waals surface area contributed by atoms with Gasteiger partial charge >= 0.3 is 0 Å². The molecule has 92 valence electrons. The molecule has 1 unspecified atom stereocenters. The molecular formula is C12H17IN4. The normalized spacial score (nSPS) is 32.6. The second kappa shape index (κ2) is 4.68. The van der Waals surface area contributed by atoms with Crippen LogP contribution in [0.4, 0.5) is 5.82 Å². The molecular weight excluding hydrogens is 327 g/mol. The van der Waals surface area contributed by atoms with Gasteiger partial charge in [0.1, 0.15) is 12.1 Å². The van der Waals surface area contributed by atoms with E-state index in [-0.39, 0.29) is 0 Å². The van der Waals surface area contributed by atoms with E-state index in [0.29, 0.717) is 6.04 Å². The second-order valence-corrected chi connectivity index (χ2v) is 6.35. The van der Waals surface area contributed by atoms with Crippen molar-refractivity contribution < 1.29 is 0 Å². The molecule has 1 aliphatic carbocycles.